The van der Waals surface area contributed by atoms with Gasteiger partial charge in [0.05, 0.1) is 0 Å². The van der Waals surface area contributed by atoms with Crippen LogP contribution >= 0.6 is 0 Å². The van der Waals surface area contributed by atoms with Gasteiger partial charge >= 0.3 is 0 Å². The number of nitrogens with one attached hydrogen (secondary N) is 4. The zero-order chi connectivity index (χ0) is 18.8. The standard InChI is InChI=1S/C18H21FN4O3/c1-20-14-7-9-16(10-8-14)25-12-18(24)22-15-5-3-13(4-6-15)11-17(19)26-23-21-2/h3-11,20-21,23H,12H2,1-2H3,(H,22,24). The van der Waals surface area contributed by atoms with Crippen molar-refractivity contribution in [3.05, 3.63) is 60.1 Å². The Morgan fingerprint density at radius 2 is 1.69 bits per heavy atom. The van der Waals surface area contributed by atoms with Crippen molar-refractivity contribution in [3.8, 4) is 5.75 Å². The van der Waals surface area contributed by atoms with Crippen molar-refractivity contribution in [1.82, 2.24) is 11.0 Å². The minimum atomic E-state index is -0.797. The Kier molecular flexibility index (Phi) is 7.41. The summed E-state index contributed by atoms with van der Waals surface area (Å²) in [5.41, 5.74) is 6.72. The molecule has 4 N–H and O–H groups in total. The van der Waals surface area contributed by atoms with Crippen molar-refractivity contribution >= 4 is 23.4 Å². The number of amides is 1. The van der Waals surface area contributed by atoms with Crippen molar-refractivity contribution < 1.29 is 18.8 Å². The fraction of sp³-hybridized carbons (Fsp3) is 0.167. The maximum Gasteiger partial charge on any atom is 0.296 e. The number of hydrogen-bond donors (Lipinski definition) is 4. The molecular weight excluding hydrogens is 339 g/mol. The van der Waals surface area contributed by atoms with Gasteiger partial charge in [0.1, 0.15) is 5.75 Å². The van der Waals surface area contributed by atoms with Gasteiger partial charge in [-0.1, -0.05) is 17.7 Å². The molecule has 0 unspecified atom stereocenters. The molecule has 0 spiro atoms. The Balaban J connectivity index is 1.82. The van der Waals surface area contributed by atoms with Crippen LogP contribution in [0.2, 0.25) is 0 Å². The van der Waals surface area contributed by atoms with E-state index < -0.39 is 6.01 Å². The Morgan fingerprint density at radius 3 is 2.31 bits per heavy atom. The number of ether oxygens (including phenoxy) is 1. The Labute approximate surface area is 151 Å². The minimum absolute atomic E-state index is 0.112. The second kappa shape index (κ2) is 10.0. The van der Waals surface area contributed by atoms with E-state index in [1.807, 2.05) is 19.2 Å². The molecule has 0 aliphatic rings. The second-order valence-corrected chi connectivity index (χ2v) is 5.14. The summed E-state index contributed by atoms with van der Waals surface area (Å²) in [6, 6.07) is 13.1. The maximum absolute atomic E-state index is 13.3. The highest BCUT2D eigenvalue weighted by Gasteiger charge is 2.04. The van der Waals surface area contributed by atoms with E-state index in [4.69, 9.17) is 4.74 Å². The molecule has 0 heterocycles. The van der Waals surface area contributed by atoms with Crippen molar-refractivity contribution in [2.75, 3.05) is 31.3 Å². The van der Waals surface area contributed by atoms with Crippen LogP contribution in [0, 0.1) is 0 Å². The first-order valence-corrected chi connectivity index (χ1v) is 7.87. The average molecular weight is 360 g/mol. The highest BCUT2D eigenvalue weighted by molar-refractivity contribution is 5.91. The van der Waals surface area contributed by atoms with Crippen LogP contribution in [-0.2, 0) is 9.63 Å². The lowest BCUT2D eigenvalue weighted by Crippen LogP contribution is -2.26. The highest BCUT2D eigenvalue weighted by atomic mass is 19.1. The second-order valence-electron chi connectivity index (χ2n) is 5.14. The van der Waals surface area contributed by atoms with Gasteiger partial charge in [-0.15, -0.1) is 0 Å². The molecule has 2 aromatic rings. The molecule has 0 atom stereocenters. The molecular formula is C18H21FN4O3. The molecule has 0 bridgehead atoms. The third-order valence-electron chi connectivity index (χ3n) is 3.24. The van der Waals surface area contributed by atoms with E-state index in [-0.39, 0.29) is 12.5 Å². The van der Waals surface area contributed by atoms with Crippen LogP contribution in [0.1, 0.15) is 5.56 Å². The number of rotatable bonds is 9. The van der Waals surface area contributed by atoms with E-state index in [1.165, 1.54) is 6.08 Å². The molecule has 0 aromatic heterocycles. The summed E-state index contributed by atoms with van der Waals surface area (Å²) < 4.78 is 18.8. The predicted molar refractivity (Wildman–Crippen MR) is 98.9 cm³/mol. The highest BCUT2D eigenvalue weighted by Crippen LogP contribution is 2.16. The van der Waals surface area contributed by atoms with Crippen LogP contribution in [0.25, 0.3) is 6.08 Å². The van der Waals surface area contributed by atoms with E-state index in [9.17, 15) is 9.18 Å². The van der Waals surface area contributed by atoms with Gasteiger partial charge in [0.25, 0.3) is 11.9 Å². The molecule has 138 valence electrons. The molecule has 0 aliphatic heterocycles. The van der Waals surface area contributed by atoms with Crippen LogP contribution in [0.4, 0.5) is 15.8 Å². The van der Waals surface area contributed by atoms with Crippen molar-refractivity contribution in [2.45, 2.75) is 0 Å². The zero-order valence-corrected chi connectivity index (χ0v) is 14.5. The van der Waals surface area contributed by atoms with E-state index in [2.05, 4.69) is 26.5 Å². The summed E-state index contributed by atoms with van der Waals surface area (Å²) in [6.07, 6.45) is 1.20. The number of hydrazine groups is 1. The van der Waals surface area contributed by atoms with Crippen LogP contribution in [0.5, 0.6) is 5.75 Å². The van der Waals surface area contributed by atoms with E-state index in [0.29, 0.717) is 17.0 Å². The van der Waals surface area contributed by atoms with Crippen LogP contribution in [0.15, 0.2) is 54.5 Å². The third kappa shape index (κ3) is 6.42. The molecule has 0 radical (unpaired) electrons. The molecule has 7 nitrogen and oxygen atoms in total. The number of carbonyl (C=O) groups is 1. The first kappa shape index (κ1) is 19.2. The van der Waals surface area contributed by atoms with E-state index in [0.717, 1.165) is 5.69 Å². The summed E-state index contributed by atoms with van der Waals surface area (Å²) in [5.74, 6) is 0.309. The fourth-order valence-corrected chi connectivity index (χ4v) is 1.99. The predicted octanol–water partition coefficient (Wildman–Crippen LogP) is 2.67. The minimum Gasteiger partial charge on any atom is -0.484 e. The first-order valence-electron chi connectivity index (χ1n) is 7.87. The zero-order valence-electron chi connectivity index (χ0n) is 14.5. The van der Waals surface area contributed by atoms with Crippen molar-refractivity contribution in [1.29, 1.82) is 0 Å². The summed E-state index contributed by atoms with van der Waals surface area (Å²) in [4.78, 5) is 16.5. The van der Waals surface area contributed by atoms with Crippen LogP contribution in [0.3, 0.4) is 0 Å². The molecule has 2 rings (SSSR count). The fourth-order valence-electron chi connectivity index (χ4n) is 1.99. The lowest BCUT2D eigenvalue weighted by atomic mass is 10.2. The van der Waals surface area contributed by atoms with Gasteiger partial charge in [0.15, 0.2) is 6.61 Å². The van der Waals surface area contributed by atoms with Gasteiger partial charge < -0.3 is 20.2 Å². The molecule has 2 aromatic carbocycles. The maximum atomic E-state index is 13.3. The van der Waals surface area contributed by atoms with Gasteiger partial charge in [0.2, 0.25) is 0 Å². The number of anilines is 2. The lowest BCUT2D eigenvalue weighted by molar-refractivity contribution is -0.118. The Hall–Kier alpha value is -3.10. The summed E-state index contributed by atoms with van der Waals surface area (Å²) in [5, 5.41) is 5.71. The molecule has 0 aliphatic carbocycles. The quantitative estimate of drug-likeness (QED) is 0.407. The molecule has 26 heavy (non-hydrogen) atoms. The normalized spacial score (nSPS) is 11.0. The van der Waals surface area contributed by atoms with Crippen LogP contribution in [-0.4, -0.2) is 26.6 Å². The third-order valence-corrected chi connectivity index (χ3v) is 3.24. The number of hydrogen-bond acceptors (Lipinski definition) is 6. The van der Waals surface area contributed by atoms with Gasteiger partial charge in [-0.25, -0.2) is 5.43 Å². The molecule has 0 saturated heterocycles. The average Bonchev–Trinajstić information content (AvgIpc) is 2.66. The lowest BCUT2D eigenvalue weighted by Gasteiger charge is -2.08. The monoisotopic (exact) mass is 360 g/mol. The van der Waals surface area contributed by atoms with Crippen LogP contribution < -0.4 is 26.4 Å². The number of carbonyl (C=O) groups excluding carboxylic acids is 1. The largest absolute Gasteiger partial charge is 0.484 e. The number of benzene rings is 2. The molecule has 0 fully saturated rings. The molecule has 8 heteroatoms. The van der Waals surface area contributed by atoms with Gasteiger partial charge in [-0.3, -0.25) is 4.79 Å². The van der Waals surface area contributed by atoms with Crippen molar-refractivity contribution in [2.24, 2.45) is 0 Å². The summed E-state index contributed by atoms with van der Waals surface area (Å²) in [7, 11) is 3.37. The first-order chi connectivity index (χ1) is 12.6. The SMILES string of the molecule is CNNOC(F)=Cc1ccc(NC(=O)COc2ccc(NC)cc2)cc1. The van der Waals surface area contributed by atoms with Crippen molar-refractivity contribution in [3.63, 3.8) is 0 Å². The van der Waals surface area contributed by atoms with Gasteiger partial charge in [0, 0.05) is 31.5 Å². The van der Waals surface area contributed by atoms with E-state index in [1.54, 1.807) is 43.4 Å². The Bertz CT molecular complexity index is 733. The number of halogens is 1. The Morgan fingerprint density at radius 1 is 1.04 bits per heavy atom. The topological polar surface area (TPSA) is 83.7 Å². The van der Waals surface area contributed by atoms with Gasteiger partial charge in [-0.05, 0) is 42.0 Å². The van der Waals surface area contributed by atoms with E-state index >= 15 is 0 Å². The van der Waals surface area contributed by atoms with Gasteiger partial charge in [-0.2, -0.15) is 4.39 Å². The summed E-state index contributed by atoms with van der Waals surface area (Å²) in [6.45, 7) is -0.112. The summed E-state index contributed by atoms with van der Waals surface area (Å²) >= 11 is 0. The smallest absolute Gasteiger partial charge is 0.296 e. The molecule has 1 amide bonds. The molecule has 0 saturated carbocycles.